The highest BCUT2D eigenvalue weighted by atomic mass is 32.5. The highest BCUT2D eigenvalue weighted by Crippen LogP contribution is 2.59. The van der Waals surface area contributed by atoms with Crippen LogP contribution in [-0.4, -0.2) is 253 Å². The zero-order valence-electron chi connectivity index (χ0n) is 75.5. The van der Waals surface area contributed by atoms with Crippen LogP contribution in [0.5, 0.6) is 0 Å². The number of fused-ring (bicyclic) bond motifs is 2. The molecule has 72 heteroatoms. The number of H-pyrrole nitrogens is 3. The Labute approximate surface area is 840 Å². The molecule has 7 fully saturated rings. The quantitative estimate of drug-likeness (QED) is 0.0235. The first-order chi connectivity index (χ1) is 67.2. The monoisotopic (exact) mass is 2270 g/mol. The molecule has 0 bridgehead atoms. The van der Waals surface area contributed by atoms with Crippen LogP contribution in [0.15, 0.2) is 94.6 Å². The van der Waals surface area contributed by atoms with E-state index >= 15 is 0 Å². The van der Waals surface area contributed by atoms with Gasteiger partial charge in [0.2, 0.25) is 0 Å². The van der Waals surface area contributed by atoms with Crippen LogP contribution in [0.25, 0.3) is 22.3 Å². The molecular weight excluding hydrogens is 2180 g/mol. The second-order valence-electron chi connectivity index (χ2n) is 33.6. The van der Waals surface area contributed by atoms with Gasteiger partial charge in [0.05, 0.1) is 101 Å². The van der Waals surface area contributed by atoms with E-state index in [1.807, 2.05) is 0 Å². The molecule has 28 atom stereocenters. The number of nitrogens with zero attached hydrogens (tertiary/aromatic N) is 15. The minimum atomic E-state index is -4.74. The molecule has 0 aliphatic carbocycles. The van der Waals surface area contributed by atoms with E-state index in [0.717, 1.165) is 31.7 Å². The maximum absolute atomic E-state index is 13.6. The summed E-state index contributed by atoms with van der Waals surface area (Å²) in [5.41, 5.74) is 19.5. The summed E-state index contributed by atoms with van der Waals surface area (Å²) in [5.74, 6) is -0.0564. The first-order valence-corrected chi connectivity index (χ1v) is 61.0. The Kier molecular flexibility index (Phi) is 33.5. The Morgan fingerprint density at radius 2 is 0.573 bits per heavy atom. The van der Waals surface area contributed by atoms with Gasteiger partial charge in [-0.3, -0.25) is 61.3 Å². The zero-order chi connectivity index (χ0) is 103. The predicted molar refractivity (Wildman–Crippen MR) is 521 cm³/mol. The molecule has 143 heavy (non-hydrogen) atoms. The SMILES string of the molecule is COP(O)(=S)OC1C[C@H](n2cc(C)c(=O)[nH]c2=O)O[C@@H]1COP(O)(=S)OC1C[C@H](n2cc(C)c(=O)[nH]c2=O)O[C@@H]1COP(O)(=S)OC1C[C@H](n2cc(C)c(=O)[nH]c2=O)O[C@@H]1COP(O)(=S)OC1C[C@H](n2cnc3c(N)ncnc32)O[C@@H]1COP(O)(=S)OC1C[C@H](n2cc(C)c(N)nc2=O)O[C@@H]1COP(O)(=S)OC1C[C@H](n2cnc3c(N)ncnc32)O[C@@H]1COP(O)(=S)OC1C[C@H](n2cc(C)c(N)nc2=O)O[C@@H]1C. The Hall–Kier alpha value is -6.47. The van der Waals surface area contributed by atoms with E-state index in [4.69, 9.17) is 202 Å². The summed E-state index contributed by atoms with van der Waals surface area (Å²) in [6.07, 6.45) is -16.9. The van der Waals surface area contributed by atoms with Gasteiger partial charge in [-0.2, -0.15) is 9.97 Å². The smallest absolute Gasteiger partial charge is 0.351 e. The van der Waals surface area contributed by atoms with Gasteiger partial charge in [0.25, 0.3) is 16.7 Å². The van der Waals surface area contributed by atoms with Crippen molar-refractivity contribution in [1.29, 1.82) is 0 Å². The second-order valence-corrected chi connectivity index (χ2v) is 53.2. The maximum Gasteiger partial charge on any atom is 0.351 e. The molecule has 0 aromatic carbocycles. The summed E-state index contributed by atoms with van der Waals surface area (Å²) in [4.78, 5) is 227. The van der Waals surface area contributed by atoms with Gasteiger partial charge in [0, 0.05) is 111 Å². The van der Waals surface area contributed by atoms with Crippen LogP contribution in [0.1, 0.15) is 123 Å². The van der Waals surface area contributed by atoms with Crippen LogP contribution in [0.3, 0.4) is 0 Å². The third-order valence-corrected chi connectivity index (χ3v) is 34.9. The van der Waals surface area contributed by atoms with Gasteiger partial charge in [0.15, 0.2) is 22.9 Å². The van der Waals surface area contributed by atoms with E-state index < -0.39 is 267 Å². The third-order valence-electron chi connectivity index (χ3n) is 23.7. The number of rotatable bonds is 40. The number of ether oxygens (including phenoxy) is 7. The molecule has 16 heterocycles. The Morgan fingerprint density at radius 3 is 0.853 bits per heavy atom. The van der Waals surface area contributed by atoms with Gasteiger partial charge >= 0.3 is 75.5 Å². The Bertz CT molecular complexity index is 7230. The van der Waals surface area contributed by atoms with Crippen molar-refractivity contribution in [3.63, 3.8) is 0 Å². The average Bonchev–Trinajstić information content (AvgIpc) is 1.65. The lowest BCUT2D eigenvalue weighted by atomic mass is 10.2. The molecule has 7 aliphatic heterocycles. The zero-order valence-corrected chi connectivity index (χ0v) is 87.5. The summed E-state index contributed by atoms with van der Waals surface area (Å²) in [6.45, 7) is -26.9. The summed E-state index contributed by atoms with van der Waals surface area (Å²) >= 11 is 38.9. The third kappa shape index (κ3) is 25.9. The standard InChI is InChI=1S/C71H95N22O36P7S7/c1-30-15-87(67(97)82-58(30)72)49-8-36(35(6)116-49)123-131(103,138)110-24-47-41(13-54(121-47)92-28-80-56-60(74)76-26-78-62(56)92)128-135(107,142)113-21-44-38(10-50(118-44)88-16-31(2)59(73)83-68(88)98)125-134(106,141)115-25-48-42(14-55(122-48)93-29-81-57-61(75)77-27-79-63(57)93)129-136(108,143)114-23-46-40(12-53(120-46)91-19-34(5)66(96)86-71(91)101)127-133(105,140)112-22-45-39(11-52(119-45)90-18-33(4)65(95)85-70(90)100)126-132(104,139)111-20-43-37(124-130(102,137)109-7)9-51(117-43)89-17-32(3)64(94)84-69(89)99/h15-19,26-29,35-55H,8-14,20-25H2,1-7H3,(H,102,137)(H,103,138)(H,104,139)(H,105,140)(H,106,141)(H,107,142)(H,108,143)(H2,72,82,97)(H2,73,83,98)(H2,74,76,78)(H2,75,77,79)(H,84,94,99)(H,85,95,100)(H,86,96,101)/t35-,36?,37?,38?,39?,40?,41?,42?,43-,44-,45-,46-,47-,48-,49-,50-,51-,52-,53-,54-,55-,130?,131?,132?,133?,134?,135?,136?/m1/s1. The number of aromatic nitrogens is 18. The van der Waals surface area contributed by atoms with E-state index in [-0.39, 0.29) is 101 Å². The molecule has 0 spiro atoms. The molecule has 58 nitrogen and oxygen atoms in total. The van der Waals surface area contributed by atoms with Gasteiger partial charge < -0.3 is 154 Å². The lowest BCUT2D eigenvalue weighted by Crippen LogP contribution is -2.33. The van der Waals surface area contributed by atoms with Gasteiger partial charge in [-0.05, 0) is 124 Å². The van der Waals surface area contributed by atoms with Crippen LogP contribution < -0.4 is 68.1 Å². The average molecular weight is 2270 g/mol. The number of nitrogen functional groups attached to an aromatic ring is 4. The van der Waals surface area contributed by atoms with Crippen molar-refractivity contribution in [2.24, 2.45) is 0 Å². The molecule has 9 aromatic heterocycles. The maximum atomic E-state index is 13.6. The molecular formula is C71H95N22O36P7S7. The van der Waals surface area contributed by atoms with Crippen LogP contribution in [-0.2, 0) is 179 Å². The number of aromatic amines is 3. The fourth-order valence-electron chi connectivity index (χ4n) is 16.4. The van der Waals surface area contributed by atoms with Crippen LogP contribution >= 0.6 is 47.0 Å². The lowest BCUT2D eigenvalue weighted by molar-refractivity contribution is -0.0576. The molecule has 0 saturated carbocycles. The first-order valence-electron chi connectivity index (χ1n) is 42.8. The van der Waals surface area contributed by atoms with Gasteiger partial charge in [-0.25, -0.2) is 53.9 Å². The summed E-state index contributed by atoms with van der Waals surface area (Å²) < 4.78 is 136. The summed E-state index contributed by atoms with van der Waals surface area (Å²) in [7, 11) is 1.09. The van der Waals surface area contributed by atoms with Gasteiger partial charge in [-0.1, -0.05) is 0 Å². The first kappa shape index (κ1) is 109. The Balaban J connectivity index is 0.607. The van der Waals surface area contributed by atoms with Crippen molar-refractivity contribution in [3.8, 4) is 0 Å². The van der Waals surface area contributed by atoms with Crippen molar-refractivity contribution < 1.29 is 131 Å². The van der Waals surface area contributed by atoms with Crippen LogP contribution in [0, 0.1) is 34.6 Å². The molecule has 7 saturated heterocycles. The minimum Gasteiger partial charge on any atom is -0.383 e. The molecule has 0 radical (unpaired) electrons. The molecule has 7 aliphatic rings. The fourth-order valence-corrected chi connectivity index (χ4v) is 26.3. The molecule has 782 valence electrons. The van der Waals surface area contributed by atoms with Crippen molar-refractivity contribution in [1.82, 2.24) is 86.8 Å². The fraction of sp³-hybridized carbons (Fsp3) is 0.577. The molecule has 9 aromatic rings. The largest absolute Gasteiger partial charge is 0.383 e. The summed E-state index contributed by atoms with van der Waals surface area (Å²) in [6, 6.07) is 0. The highest BCUT2D eigenvalue weighted by molar-refractivity contribution is 8.09. The number of hydrogen-bond acceptors (Lipinski definition) is 48. The van der Waals surface area contributed by atoms with Gasteiger partial charge in [0.1, 0.15) is 116 Å². The van der Waals surface area contributed by atoms with Crippen molar-refractivity contribution in [2.75, 3.05) is 69.7 Å². The van der Waals surface area contributed by atoms with Crippen LogP contribution in [0.2, 0.25) is 0 Å². The van der Waals surface area contributed by atoms with E-state index in [0.29, 0.717) is 11.1 Å². The lowest BCUT2D eigenvalue weighted by Gasteiger charge is -2.29. The molecule has 18 N–H and O–H groups in total. The summed E-state index contributed by atoms with van der Waals surface area (Å²) in [5, 5.41) is 0. The highest BCUT2D eigenvalue weighted by Gasteiger charge is 2.52. The second kappa shape index (κ2) is 43.8. The number of imidazole rings is 2. The minimum absolute atomic E-state index is 0.0193. The topological polar surface area (TPSA) is 761 Å². The molecule has 16 rings (SSSR count). The molecule has 14 unspecified atom stereocenters. The number of aryl methyl sites for hydroxylation is 5. The molecule has 0 amide bonds. The number of anilines is 4. The van der Waals surface area contributed by atoms with Crippen molar-refractivity contribution in [3.05, 3.63) is 168 Å². The van der Waals surface area contributed by atoms with Crippen molar-refractivity contribution in [2.45, 2.75) is 216 Å². The number of hydrogen-bond donors (Lipinski definition) is 14. The number of nitrogens with two attached hydrogens (primary N) is 4. The van der Waals surface area contributed by atoms with Crippen molar-refractivity contribution >= 4 is 175 Å². The number of nitrogens with one attached hydrogen (secondary N) is 3. The predicted octanol–water partition coefficient (Wildman–Crippen LogP) is 0.694. The Morgan fingerprint density at radius 1 is 0.336 bits per heavy atom. The van der Waals surface area contributed by atoms with E-state index in [2.05, 4.69) is 54.8 Å². The van der Waals surface area contributed by atoms with Gasteiger partial charge in [-0.15, -0.1) is 0 Å². The normalized spacial score (nSPS) is 29.8. The van der Waals surface area contributed by atoms with E-state index in [9.17, 15) is 72.6 Å². The van der Waals surface area contributed by atoms with E-state index in [1.165, 1.54) is 84.4 Å². The van der Waals surface area contributed by atoms with Crippen LogP contribution in [0.4, 0.5) is 23.3 Å². The van der Waals surface area contributed by atoms with E-state index in [1.54, 1.807) is 20.8 Å².